The van der Waals surface area contributed by atoms with Gasteiger partial charge in [0.2, 0.25) is 5.91 Å². The molecule has 3 heterocycles. The van der Waals surface area contributed by atoms with Gasteiger partial charge < -0.3 is 19.7 Å². The molecule has 1 fully saturated rings. The minimum absolute atomic E-state index is 0.0563. The van der Waals surface area contributed by atoms with Crippen molar-refractivity contribution in [3.8, 4) is 0 Å². The molecule has 1 aliphatic heterocycles. The molecule has 0 aliphatic carbocycles. The number of ether oxygens (including phenoxy) is 2. The lowest BCUT2D eigenvalue weighted by molar-refractivity contribution is -0.140. The van der Waals surface area contributed by atoms with Crippen LogP contribution in [0.15, 0.2) is 36.7 Å². The molecule has 8 heteroatoms. The third-order valence-corrected chi connectivity index (χ3v) is 4.06. The third kappa shape index (κ3) is 4.74. The van der Waals surface area contributed by atoms with Crippen LogP contribution >= 0.6 is 0 Å². The molecule has 26 heavy (non-hydrogen) atoms. The molecule has 1 N–H and O–H groups in total. The van der Waals surface area contributed by atoms with Crippen molar-refractivity contribution in [2.75, 3.05) is 38.7 Å². The summed E-state index contributed by atoms with van der Waals surface area (Å²) >= 11 is 0. The first-order valence-electron chi connectivity index (χ1n) is 8.38. The van der Waals surface area contributed by atoms with Crippen LogP contribution in [-0.2, 0) is 14.3 Å². The van der Waals surface area contributed by atoms with E-state index in [4.69, 9.17) is 9.47 Å². The first kappa shape index (κ1) is 18.2. The summed E-state index contributed by atoms with van der Waals surface area (Å²) in [7, 11) is 1.58. The van der Waals surface area contributed by atoms with E-state index >= 15 is 0 Å². The van der Waals surface area contributed by atoms with Crippen molar-refractivity contribution in [1.82, 2.24) is 14.9 Å². The van der Waals surface area contributed by atoms with Crippen LogP contribution in [0.25, 0.3) is 0 Å². The van der Waals surface area contributed by atoms with E-state index in [9.17, 15) is 9.18 Å². The van der Waals surface area contributed by atoms with Crippen molar-refractivity contribution in [1.29, 1.82) is 0 Å². The van der Waals surface area contributed by atoms with Gasteiger partial charge in [-0.3, -0.25) is 9.78 Å². The maximum Gasteiger partial charge on any atom is 0.225 e. The fourth-order valence-corrected chi connectivity index (χ4v) is 2.67. The Morgan fingerprint density at radius 3 is 2.92 bits per heavy atom. The topological polar surface area (TPSA) is 76.6 Å². The standard InChI is InChI=1S/C18H21FN4O3/c1-25-8-6-18(24)23-7-9-26-16(12-23)15-4-3-14(11-20-15)22-17-5-2-13(19)10-21-17/h2-5,10-11,16H,6-9,12H2,1H3,(H,21,22)/t16-/m1/s1. The van der Waals surface area contributed by atoms with Crippen LogP contribution in [0.3, 0.4) is 0 Å². The van der Waals surface area contributed by atoms with Gasteiger partial charge in [-0.25, -0.2) is 9.37 Å². The highest BCUT2D eigenvalue weighted by Crippen LogP contribution is 2.23. The van der Waals surface area contributed by atoms with Crippen LogP contribution in [-0.4, -0.2) is 54.2 Å². The SMILES string of the molecule is COCCC(=O)N1CCO[C@@H](c2ccc(Nc3ccc(F)cn3)cn2)C1. The van der Waals surface area contributed by atoms with E-state index in [1.807, 2.05) is 12.1 Å². The molecular formula is C18H21FN4O3. The quantitative estimate of drug-likeness (QED) is 0.852. The summed E-state index contributed by atoms with van der Waals surface area (Å²) < 4.78 is 23.6. The predicted octanol–water partition coefficient (Wildman–Crippen LogP) is 2.30. The lowest BCUT2D eigenvalue weighted by Gasteiger charge is -2.32. The second-order valence-corrected chi connectivity index (χ2v) is 5.90. The molecule has 2 aromatic rings. The van der Waals surface area contributed by atoms with Gasteiger partial charge >= 0.3 is 0 Å². The number of hydrogen-bond acceptors (Lipinski definition) is 6. The summed E-state index contributed by atoms with van der Waals surface area (Å²) in [5, 5.41) is 3.05. The molecule has 0 spiro atoms. The number of nitrogens with one attached hydrogen (secondary N) is 1. The van der Waals surface area contributed by atoms with Gasteiger partial charge in [-0.2, -0.15) is 0 Å². The van der Waals surface area contributed by atoms with Gasteiger partial charge in [-0.05, 0) is 24.3 Å². The van der Waals surface area contributed by atoms with E-state index in [0.717, 1.165) is 17.6 Å². The first-order valence-corrected chi connectivity index (χ1v) is 8.38. The molecule has 7 nitrogen and oxygen atoms in total. The number of halogens is 1. The lowest BCUT2D eigenvalue weighted by Crippen LogP contribution is -2.42. The molecule has 0 saturated carbocycles. The fourth-order valence-electron chi connectivity index (χ4n) is 2.67. The van der Waals surface area contributed by atoms with E-state index < -0.39 is 0 Å². The molecule has 0 aromatic carbocycles. The van der Waals surface area contributed by atoms with Gasteiger partial charge in [0, 0.05) is 13.7 Å². The molecule has 0 radical (unpaired) electrons. The number of rotatable bonds is 6. The predicted molar refractivity (Wildman–Crippen MR) is 93.5 cm³/mol. The summed E-state index contributed by atoms with van der Waals surface area (Å²) in [6, 6.07) is 6.58. The Morgan fingerprint density at radius 1 is 1.35 bits per heavy atom. The Morgan fingerprint density at radius 2 is 2.23 bits per heavy atom. The van der Waals surface area contributed by atoms with Gasteiger partial charge in [0.25, 0.3) is 0 Å². The van der Waals surface area contributed by atoms with Gasteiger partial charge in [-0.15, -0.1) is 0 Å². The maximum absolute atomic E-state index is 12.9. The van der Waals surface area contributed by atoms with Crippen LogP contribution in [0.4, 0.5) is 15.9 Å². The second-order valence-electron chi connectivity index (χ2n) is 5.90. The van der Waals surface area contributed by atoms with Crippen molar-refractivity contribution < 1.29 is 18.7 Å². The smallest absolute Gasteiger partial charge is 0.225 e. The normalized spacial score (nSPS) is 17.2. The molecular weight excluding hydrogens is 339 g/mol. The minimum Gasteiger partial charge on any atom is -0.384 e. The molecule has 2 aromatic heterocycles. The average molecular weight is 360 g/mol. The van der Waals surface area contributed by atoms with Crippen molar-refractivity contribution >= 4 is 17.4 Å². The van der Waals surface area contributed by atoms with Crippen molar-refractivity contribution in [2.45, 2.75) is 12.5 Å². The molecule has 0 unspecified atom stereocenters. The highest BCUT2D eigenvalue weighted by atomic mass is 19.1. The summed E-state index contributed by atoms with van der Waals surface area (Å²) in [5.41, 5.74) is 1.49. The molecule has 138 valence electrons. The summed E-state index contributed by atoms with van der Waals surface area (Å²) in [5.74, 6) is 0.202. The van der Waals surface area contributed by atoms with Gasteiger partial charge in [0.05, 0.1) is 50.0 Å². The highest BCUT2D eigenvalue weighted by Gasteiger charge is 2.25. The molecule has 0 bridgehead atoms. The zero-order chi connectivity index (χ0) is 18.4. The Labute approximate surface area is 151 Å². The number of carbonyl (C=O) groups is 1. The monoisotopic (exact) mass is 360 g/mol. The van der Waals surface area contributed by atoms with Crippen molar-refractivity contribution in [3.63, 3.8) is 0 Å². The molecule has 3 rings (SSSR count). The van der Waals surface area contributed by atoms with E-state index in [1.54, 1.807) is 24.3 Å². The number of hydrogen-bond donors (Lipinski definition) is 1. The van der Waals surface area contributed by atoms with E-state index in [-0.39, 0.29) is 17.8 Å². The summed E-state index contributed by atoms with van der Waals surface area (Å²) in [6.45, 7) is 1.94. The van der Waals surface area contributed by atoms with Crippen molar-refractivity contribution in [3.05, 3.63) is 48.2 Å². The molecule has 1 aliphatic rings. The van der Waals surface area contributed by atoms with Crippen LogP contribution in [0.1, 0.15) is 18.2 Å². The van der Waals surface area contributed by atoms with E-state index in [1.165, 1.54) is 6.07 Å². The molecule has 1 atom stereocenters. The van der Waals surface area contributed by atoms with Gasteiger partial charge in [0.1, 0.15) is 17.7 Å². The largest absolute Gasteiger partial charge is 0.384 e. The van der Waals surface area contributed by atoms with Gasteiger partial charge in [0.15, 0.2) is 0 Å². The Bertz CT molecular complexity index is 724. The van der Waals surface area contributed by atoms with E-state index in [2.05, 4.69) is 15.3 Å². The number of carbonyl (C=O) groups excluding carboxylic acids is 1. The zero-order valence-corrected chi connectivity index (χ0v) is 14.5. The number of amides is 1. The number of anilines is 2. The third-order valence-electron chi connectivity index (χ3n) is 4.06. The molecule has 1 saturated heterocycles. The minimum atomic E-state index is -0.386. The summed E-state index contributed by atoms with van der Waals surface area (Å²) in [6.07, 6.45) is 2.92. The summed E-state index contributed by atoms with van der Waals surface area (Å²) in [4.78, 5) is 22.3. The second kappa shape index (κ2) is 8.68. The number of morpholine rings is 1. The fraction of sp³-hybridized carbons (Fsp3) is 0.389. The van der Waals surface area contributed by atoms with Crippen LogP contribution in [0.2, 0.25) is 0 Å². The highest BCUT2D eigenvalue weighted by molar-refractivity contribution is 5.76. The molecule has 1 amide bonds. The number of aromatic nitrogens is 2. The zero-order valence-electron chi connectivity index (χ0n) is 14.5. The van der Waals surface area contributed by atoms with E-state index in [0.29, 0.717) is 38.5 Å². The number of nitrogens with zero attached hydrogens (tertiary/aromatic N) is 3. The first-order chi connectivity index (χ1) is 12.7. The number of methoxy groups -OCH3 is 1. The van der Waals surface area contributed by atoms with Gasteiger partial charge in [-0.1, -0.05) is 0 Å². The Kier molecular flexibility index (Phi) is 6.08. The average Bonchev–Trinajstić information content (AvgIpc) is 2.68. The number of pyridine rings is 2. The Balaban J connectivity index is 1.60. The Hall–Kier alpha value is -2.58. The van der Waals surface area contributed by atoms with Crippen LogP contribution < -0.4 is 5.32 Å². The maximum atomic E-state index is 12.9. The van der Waals surface area contributed by atoms with Crippen LogP contribution in [0, 0.1) is 5.82 Å². The lowest BCUT2D eigenvalue weighted by atomic mass is 10.1. The van der Waals surface area contributed by atoms with Crippen LogP contribution in [0.5, 0.6) is 0 Å². The van der Waals surface area contributed by atoms with Crippen molar-refractivity contribution in [2.24, 2.45) is 0 Å².